The quantitative estimate of drug-likeness (QED) is 0.858. The zero-order valence-corrected chi connectivity index (χ0v) is 14.6. The summed E-state index contributed by atoms with van der Waals surface area (Å²) >= 11 is 0. The molecule has 1 fully saturated rings. The van der Waals surface area contributed by atoms with Crippen LogP contribution >= 0.6 is 0 Å². The third-order valence-corrected chi connectivity index (χ3v) is 5.05. The number of nitrogens with zero attached hydrogens (tertiary/aromatic N) is 3. The summed E-state index contributed by atoms with van der Waals surface area (Å²) in [5.74, 6) is 2.52. The highest BCUT2D eigenvalue weighted by atomic mass is 16.5. The lowest BCUT2D eigenvalue weighted by atomic mass is 9.94. The predicted octanol–water partition coefficient (Wildman–Crippen LogP) is 3.08. The smallest absolute Gasteiger partial charge is 0.233 e. The lowest BCUT2D eigenvalue weighted by molar-refractivity contribution is -0.134. The van der Waals surface area contributed by atoms with Gasteiger partial charge in [0.15, 0.2) is 5.82 Å². The molecular weight excluding hydrogens is 318 g/mol. The standard InChI is InChI=1S/C19H23N3O3/c1-12(2)18-20-17(21-25-18)13-6-5-9-22(10-13)19(23)15-11-24-16-8-4-3-7-14(15)16/h3-4,7-8,12-13,15H,5-6,9-11H2,1-2H3/t13-,15+/m0/s1. The summed E-state index contributed by atoms with van der Waals surface area (Å²) in [5.41, 5.74) is 0.997. The minimum Gasteiger partial charge on any atom is -0.492 e. The van der Waals surface area contributed by atoms with Crippen LogP contribution in [-0.4, -0.2) is 40.6 Å². The Hall–Kier alpha value is -2.37. The largest absolute Gasteiger partial charge is 0.492 e. The van der Waals surface area contributed by atoms with E-state index in [1.807, 2.05) is 43.0 Å². The Morgan fingerprint density at radius 2 is 2.16 bits per heavy atom. The zero-order valence-electron chi connectivity index (χ0n) is 14.6. The number of fused-ring (bicyclic) bond motifs is 1. The molecule has 2 aliphatic heterocycles. The molecule has 0 spiro atoms. The maximum absolute atomic E-state index is 13.0. The van der Waals surface area contributed by atoms with Gasteiger partial charge in [-0.1, -0.05) is 37.2 Å². The summed E-state index contributed by atoms with van der Waals surface area (Å²) in [6.45, 7) is 5.92. The number of aromatic nitrogens is 2. The van der Waals surface area contributed by atoms with Gasteiger partial charge in [0.1, 0.15) is 18.3 Å². The fourth-order valence-corrected chi connectivity index (χ4v) is 3.62. The van der Waals surface area contributed by atoms with Gasteiger partial charge in [-0.25, -0.2) is 0 Å². The monoisotopic (exact) mass is 341 g/mol. The Bertz CT molecular complexity index is 771. The van der Waals surface area contributed by atoms with Crippen LogP contribution in [0.4, 0.5) is 0 Å². The van der Waals surface area contributed by atoms with Crippen molar-refractivity contribution in [1.82, 2.24) is 15.0 Å². The van der Waals surface area contributed by atoms with Gasteiger partial charge in [0.2, 0.25) is 11.8 Å². The van der Waals surface area contributed by atoms with E-state index in [9.17, 15) is 4.79 Å². The van der Waals surface area contributed by atoms with Crippen LogP contribution in [0.15, 0.2) is 28.8 Å². The molecule has 1 saturated heterocycles. The van der Waals surface area contributed by atoms with Crippen molar-refractivity contribution in [2.45, 2.75) is 44.4 Å². The average molecular weight is 341 g/mol. The third kappa shape index (κ3) is 3.01. The maximum atomic E-state index is 13.0. The summed E-state index contributed by atoms with van der Waals surface area (Å²) in [4.78, 5) is 19.5. The van der Waals surface area contributed by atoms with Crippen LogP contribution in [0.1, 0.15) is 61.7 Å². The van der Waals surface area contributed by atoms with Gasteiger partial charge in [-0.3, -0.25) is 4.79 Å². The number of carbonyl (C=O) groups excluding carboxylic acids is 1. The van der Waals surface area contributed by atoms with Gasteiger partial charge in [0, 0.05) is 30.5 Å². The Labute approximate surface area is 147 Å². The topological polar surface area (TPSA) is 68.5 Å². The average Bonchev–Trinajstić information content (AvgIpc) is 3.28. The molecule has 2 aromatic rings. The first-order valence-electron chi connectivity index (χ1n) is 8.97. The van der Waals surface area contributed by atoms with Crippen LogP contribution in [0.2, 0.25) is 0 Å². The number of para-hydroxylation sites is 1. The normalized spacial score (nSPS) is 22.8. The molecule has 0 bridgehead atoms. The predicted molar refractivity (Wildman–Crippen MR) is 91.6 cm³/mol. The van der Waals surface area contributed by atoms with Crippen LogP contribution < -0.4 is 4.74 Å². The molecular formula is C19H23N3O3. The number of hydrogen-bond acceptors (Lipinski definition) is 5. The second kappa shape index (κ2) is 6.50. The van der Waals surface area contributed by atoms with Gasteiger partial charge >= 0.3 is 0 Å². The highest BCUT2D eigenvalue weighted by Crippen LogP contribution is 2.36. The summed E-state index contributed by atoms with van der Waals surface area (Å²) in [5, 5.41) is 4.14. The van der Waals surface area contributed by atoms with Gasteiger partial charge in [0.05, 0.1) is 0 Å². The minimum atomic E-state index is -0.202. The van der Waals surface area contributed by atoms with Crippen molar-refractivity contribution in [3.05, 3.63) is 41.5 Å². The van der Waals surface area contributed by atoms with Crippen molar-refractivity contribution in [1.29, 1.82) is 0 Å². The van der Waals surface area contributed by atoms with E-state index in [1.165, 1.54) is 0 Å². The van der Waals surface area contributed by atoms with E-state index < -0.39 is 0 Å². The highest BCUT2D eigenvalue weighted by molar-refractivity contribution is 5.85. The first-order valence-corrected chi connectivity index (χ1v) is 8.97. The summed E-state index contributed by atoms with van der Waals surface area (Å²) in [7, 11) is 0. The molecule has 1 aromatic carbocycles. The Balaban J connectivity index is 1.48. The lowest BCUT2D eigenvalue weighted by Crippen LogP contribution is -2.42. The molecule has 0 N–H and O–H groups in total. The maximum Gasteiger partial charge on any atom is 0.233 e. The van der Waals surface area contributed by atoms with Gasteiger partial charge in [-0.05, 0) is 18.9 Å². The minimum absolute atomic E-state index is 0.141. The van der Waals surface area contributed by atoms with Crippen molar-refractivity contribution in [3.63, 3.8) is 0 Å². The Morgan fingerprint density at radius 1 is 1.32 bits per heavy atom. The van der Waals surface area contributed by atoms with E-state index in [-0.39, 0.29) is 23.7 Å². The molecule has 0 radical (unpaired) electrons. The molecule has 2 aliphatic rings. The number of likely N-dealkylation sites (tertiary alicyclic amines) is 1. The fourth-order valence-electron chi connectivity index (χ4n) is 3.62. The molecule has 25 heavy (non-hydrogen) atoms. The van der Waals surface area contributed by atoms with Crippen molar-refractivity contribution >= 4 is 5.91 Å². The molecule has 1 amide bonds. The molecule has 0 aliphatic carbocycles. The van der Waals surface area contributed by atoms with Gasteiger partial charge in [-0.15, -0.1) is 0 Å². The number of benzene rings is 1. The summed E-state index contributed by atoms with van der Waals surface area (Å²) in [6, 6.07) is 7.81. The number of hydrogen-bond donors (Lipinski definition) is 0. The molecule has 1 aromatic heterocycles. The second-order valence-electron chi connectivity index (χ2n) is 7.17. The van der Waals surface area contributed by atoms with Crippen LogP contribution in [0.25, 0.3) is 0 Å². The molecule has 4 rings (SSSR count). The number of ether oxygens (including phenoxy) is 1. The third-order valence-electron chi connectivity index (χ3n) is 5.05. The van der Waals surface area contributed by atoms with E-state index >= 15 is 0 Å². The van der Waals surface area contributed by atoms with Gasteiger partial charge < -0.3 is 14.2 Å². The first kappa shape index (κ1) is 16.1. The van der Waals surface area contributed by atoms with Crippen LogP contribution in [0.5, 0.6) is 5.75 Å². The zero-order chi connectivity index (χ0) is 17.4. The van der Waals surface area contributed by atoms with E-state index in [0.29, 0.717) is 19.0 Å². The molecule has 0 saturated carbocycles. The number of piperidine rings is 1. The second-order valence-corrected chi connectivity index (χ2v) is 7.17. The van der Waals surface area contributed by atoms with E-state index in [2.05, 4.69) is 10.1 Å². The molecule has 0 unspecified atom stereocenters. The van der Waals surface area contributed by atoms with Crippen molar-refractivity contribution in [3.8, 4) is 5.75 Å². The molecule has 132 valence electrons. The van der Waals surface area contributed by atoms with Crippen LogP contribution in [0.3, 0.4) is 0 Å². The lowest BCUT2D eigenvalue weighted by Gasteiger charge is -2.32. The first-order chi connectivity index (χ1) is 12.1. The van der Waals surface area contributed by atoms with Crippen molar-refractivity contribution in [2.75, 3.05) is 19.7 Å². The number of rotatable bonds is 3. The van der Waals surface area contributed by atoms with Gasteiger partial charge in [-0.2, -0.15) is 4.98 Å². The summed E-state index contributed by atoms with van der Waals surface area (Å²) in [6.07, 6.45) is 1.94. The van der Waals surface area contributed by atoms with Crippen molar-refractivity contribution in [2.24, 2.45) is 0 Å². The Kier molecular flexibility index (Phi) is 4.19. The van der Waals surface area contributed by atoms with E-state index in [0.717, 1.165) is 36.5 Å². The molecule has 3 heterocycles. The number of carbonyl (C=O) groups is 1. The van der Waals surface area contributed by atoms with E-state index in [1.54, 1.807) is 0 Å². The molecule has 6 nitrogen and oxygen atoms in total. The summed E-state index contributed by atoms with van der Waals surface area (Å²) < 4.78 is 11.0. The molecule has 2 atom stereocenters. The van der Waals surface area contributed by atoms with Crippen LogP contribution in [-0.2, 0) is 4.79 Å². The van der Waals surface area contributed by atoms with Crippen LogP contribution in [0, 0.1) is 0 Å². The fraction of sp³-hybridized carbons (Fsp3) is 0.526. The van der Waals surface area contributed by atoms with Crippen molar-refractivity contribution < 1.29 is 14.1 Å². The van der Waals surface area contributed by atoms with Gasteiger partial charge in [0.25, 0.3) is 0 Å². The molecule has 6 heteroatoms. The van der Waals surface area contributed by atoms with E-state index in [4.69, 9.17) is 9.26 Å². The highest BCUT2D eigenvalue weighted by Gasteiger charge is 2.36. The Morgan fingerprint density at radius 3 is 2.96 bits per heavy atom. The number of amides is 1. The SMILES string of the molecule is CC(C)c1nc([C@H]2CCCN(C(=O)[C@@H]3COc4ccccc43)C2)no1.